The maximum Gasteiger partial charge on any atom is 0.224 e. The number of carbonyl (C=O) groups is 1. The fourth-order valence-corrected chi connectivity index (χ4v) is 3.30. The number of amides is 1. The molecule has 0 aliphatic carbocycles. The molecule has 2 saturated heterocycles. The summed E-state index contributed by atoms with van der Waals surface area (Å²) in [6, 6.07) is 0.256. The highest BCUT2D eigenvalue weighted by molar-refractivity contribution is 5.77. The third kappa shape index (κ3) is 4.46. The van der Waals surface area contributed by atoms with Crippen molar-refractivity contribution in [3.05, 3.63) is 0 Å². The van der Waals surface area contributed by atoms with E-state index in [0.717, 1.165) is 26.2 Å². The van der Waals surface area contributed by atoms with Crippen LogP contribution in [-0.4, -0.2) is 54.5 Å². The van der Waals surface area contributed by atoms with E-state index in [-0.39, 0.29) is 6.04 Å². The highest BCUT2D eigenvalue weighted by atomic mass is 16.2. The van der Waals surface area contributed by atoms with Gasteiger partial charge in [0.1, 0.15) is 0 Å². The van der Waals surface area contributed by atoms with E-state index < -0.39 is 0 Å². The van der Waals surface area contributed by atoms with E-state index in [0.29, 0.717) is 18.9 Å². The van der Waals surface area contributed by atoms with Gasteiger partial charge < -0.3 is 10.6 Å². The third-order valence-electron chi connectivity index (χ3n) is 4.55. The molecule has 2 aliphatic rings. The van der Waals surface area contributed by atoms with Gasteiger partial charge in [0, 0.05) is 32.1 Å². The first-order valence-electron chi connectivity index (χ1n) is 8.03. The normalized spacial score (nSPS) is 23.9. The van der Waals surface area contributed by atoms with Crippen molar-refractivity contribution in [3.8, 4) is 0 Å². The second-order valence-electron chi connectivity index (χ2n) is 5.99. The molecular weight excluding hydrogens is 238 g/mol. The quantitative estimate of drug-likeness (QED) is 0.841. The second kappa shape index (κ2) is 7.85. The molecule has 2 fully saturated rings. The summed E-state index contributed by atoms with van der Waals surface area (Å²) in [6.45, 7) is 4.76. The average Bonchev–Trinajstić information content (AvgIpc) is 2.90. The highest BCUT2D eigenvalue weighted by Crippen LogP contribution is 2.16. The van der Waals surface area contributed by atoms with Gasteiger partial charge in [-0.25, -0.2) is 0 Å². The van der Waals surface area contributed by atoms with Crippen molar-refractivity contribution in [1.29, 1.82) is 0 Å². The lowest BCUT2D eigenvalue weighted by molar-refractivity contribution is -0.131. The van der Waals surface area contributed by atoms with E-state index in [9.17, 15) is 4.79 Å². The van der Waals surface area contributed by atoms with Gasteiger partial charge in [-0.05, 0) is 38.8 Å². The zero-order valence-electron chi connectivity index (χ0n) is 12.1. The Balaban J connectivity index is 1.84. The van der Waals surface area contributed by atoms with Crippen molar-refractivity contribution in [1.82, 2.24) is 9.80 Å². The van der Waals surface area contributed by atoms with Gasteiger partial charge in [-0.1, -0.05) is 19.3 Å². The van der Waals surface area contributed by atoms with E-state index in [1.54, 1.807) is 0 Å². The Morgan fingerprint density at radius 1 is 0.895 bits per heavy atom. The van der Waals surface area contributed by atoms with Crippen LogP contribution in [0.1, 0.15) is 51.4 Å². The Bertz CT molecular complexity index is 269. The molecule has 2 N–H and O–H groups in total. The van der Waals surface area contributed by atoms with Crippen molar-refractivity contribution in [3.63, 3.8) is 0 Å². The highest BCUT2D eigenvalue weighted by Gasteiger charge is 2.25. The molecule has 1 atom stereocenters. The maximum absolute atomic E-state index is 12.3. The fourth-order valence-electron chi connectivity index (χ4n) is 3.30. The monoisotopic (exact) mass is 267 g/mol. The van der Waals surface area contributed by atoms with Crippen molar-refractivity contribution in [2.45, 2.75) is 57.4 Å². The molecule has 0 radical (unpaired) electrons. The van der Waals surface area contributed by atoms with Crippen LogP contribution in [0.15, 0.2) is 0 Å². The summed E-state index contributed by atoms with van der Waals surface area (Å²) in [6.07, 6.45) is 9.50. The van der Waals surface area contributed by atoms with Gasteiger partial charge in [-0.15, -0.1) is 0 Å². The molecule has 1 unspecified atom stereocenters. The van der Waals surface area contributed by atoms with E-state index in [4.69, 9.17) is 5.73 Å². The lowest BCUT2D eigenvalue weighted by Crippen LogP contribution is -2.45. The van der Waals surface area contributed by atoms with E-state index in [2.05, 4.69) is 4.90 Å². The first kappa shape index (κ1) is 14.8. The molecule has 0 bridgehead atoms. The van der Waals surface area contributed by atoms with Gasteiger partial charge in [0.15, 0.2) is 0 Å². The molecule has 0 aromatic carbocycles. The van der Waals surface area contributed by atoms with Gasteiger partial charge in [0.05, 0.1) is 0 Å². The second-order valence-corrected chi connectivity index (χ2v) is 5.99. The number of carbonyl (C=O) groups excluding carboxylic acids is 1. The molecule has 0 aromatic heterocycles. The molecule has 4 heteroatoms. The number of nitrogens with two attached hydrogens (primary N) is 1. The van der Waals surface area contributed by atoms with Gasteiger partial charge in [0.2, 0.25) is 5.91 Å². The minimum absolute atomic E-state index is 0.256. The van der Waals surface area contributed by atoms with Crippen molar-refractivity contribution in [2.75, 3.05) is 32.7 Å². The summed E-state index contributed by atoms with van der Waals surface area (Å²) in [5.41, 5.74) is 5.93. The minimum atomic E-state index is 0.256. The summed E-state index contributed by atoms with van der Waals surface area (Å²) < 4.78 is 0. The van der Waals surface area contributed by atoms with E-state index in [1.165, 1.54) is 44.9 Å². The molecular formula is C15H29N3O. The molecule has 0 saturated carbocycles. The molecule has 0 spiro atoms. The number of likely N-dealkylation sites (tertiary alicyclic amines) is 2. The Hall–Kier alpha value is -0.610. The van der Waals surface area contributed by atoms with Gasteiger partial charge >= 0.3 is 0 Å². The van der Waals surface area contributed by atoms with Crippen LogP contribution in [0.5, 0.6) is 0 Å². The first-order valence-corrected chi connectivity index (χ1v) is 8.03. The smallest absolute Gasteiger partial charge is 0.224 e. The zero-order chi connectivity index (χ0) is 13.5. The lowest BCUT2D eigenvalue weighted by Gasteiger charge is -2.32. The van der Waals surface area contributed by atoms with Crippen LogP contribution in [0, 0.1) is 0 Å². The minimum Gasteiger partial charge on any atom is -0.343 e. The summed E-state index contributed by atoms with van der Waals surface area (Å²) in [5.74, 6) is 0.315. The van der Waals surface area contributed by atoms with Crippen LogP contribution in [-0.2, 0) is 4.79 Å². The van der Waals surface area contributed by atoms with Crippen LogP contribution in [0.4, 0.5) is 0 Å². The van der Waals surface area contributed by atoms with Crippen molar-refractivity contribution < 1.29 is 4.79 Å². The number of nitrogens with zero attached hydrogens (tertiary/aromatic N) is 2. The molecule has 2 rings (SSSR count). The molecule has 1 amide bonds. The Kier molecular flexibility index (Phi) is 6.11. The summed E-state index contributed by atoms with van der Waals surface area (Å²) in [7, 11) is 0. The molecule has 110 valence electrons. The molecule has 19 heavy (non-hydrogen) atoms. The Labute approximate surface area is 117 Å². The van der Waals surface area contributed by atoms with Gasteiger partial charge in [-0.2, -0.15) is 0 Å². The summed E-state index contributed by atoms with van der Waals surface area (Å²) in [4.78, 5) is 16.7. The molecule has 2 heterocycles. The van der Waals surface area contributed by atoms with E-state index in [1.807, 2.05) is 4.90 Å². The fraction of sp³-hybridized carbons (Fsp3) is 0.933. The molecule has 4 nitrogen and oxygen atoms in total. The van der Waals surface area contributed by atoms with Crippen molar-refractivity contribution >= 4 is 5.91 Å². The zero-order valence-corrected chi connectivity index (χ0v) is 12.1. The maximum atomic E-state index is 12.3. The van der Waals surface area contributed by atoms with E-state index >= 15 is 0 Å². The first-order chi connectivity index (χ1) is 9.31. The van der Waals surface area contributed by atoms with Gasteiger partial charge in [-0.3, -0.25) is 9.69 Å². The Morgan fingerprint density at radius 3 is 2.00 bits per heavy atom. The Morgan fingerprint density at radius 2 is 1.42 bits per heavy atom. The van der Waals surface area contributed by atoms with Crippen LogP contribution in [0.3, 0.4) is 0 Å². The topological polar surface area (TPSA) is 49.6 Å². The predicted molar refractivity (Wildman–Crippen MR) is 77.9 cm³/mol. The summed E-state index contributed by atoms with van der Waals surface area (Å²) in [5, 5.41) is 0. The van der Waals surface area contributed by atoms with Crippen LogP contribution in [0.25, 0.3) is 0 Å². The lowest BCUT2D eigenvalue weighted by atomic mass is 10.0. The van der Waals surface area contributed by atoms with Crippen molar-refractivity contribution in [2.24, 2.45) is 5.73 Å². The SMILES string of the molecule is NCC(CC(=O)N1CCCC1)N1CCCCCCC1. The molecule has 0 aromatic rings. The van der Waals surface area contributed by atoms with Crippen LogP contribution in [0.2, 0.25) is 0 Å². The number of rotatable bonds is 4. The largest absolute Gasteiger partial charge is 0.343 e. The number of hydrogen-bond acceptors (Lipinski definition) is 3. The molecule has 2 aliphatic heterocycles. The van der Waals surface area contributed by atoms with Crippen LogP contribution < -0.4 is 5.73 Å². The summed E-state index contributed by atoms with van der Waals surface area (Å²) >= 11 is 0. The average molecular weight is 267 g/mol. The third-order valence-corrected chi connectivity index (χ3v) is 4.55. The predicted octanol–water partition coefficient (Wildman–Crippen LogP) is 1.59. The van der Waals surface area contributed by atoms with Gasteiger partial charge in [0.25, 0.3) is 0 Å². The standard InChI is InChI=1S/C15H29N3O/c16-13-14(12-15(19)18-10-6-7-11-18)17-8-4-2-1-3-5-9-17/h14H,1-13,16H2. The number of hydrogen-bond donors (Lipinski definition) is 1. The van der Waals surface area contributed by atoms with Crippen LogP contribution >= 0.6 is 0 Å².